The highest BCUT2D eigenvalue weighted by molar-refractivity contribution is 6.55. The zero-order chi connectivity index (χ0) is 11.1. The maximum atomic E-state index is 5.51. The quantitative estimate of drug-likeness (QED) is 0.614. The SMILES string of the molecule is CC1(C)C=CC(B2OCCO2)=CC1(C)C. The summed E-state index contributed by atoms with van der Waals surface area (Å²) < 4.78 is 11.0. The van der Waals surface area contributed by atoms with Gasteiger partial charge in [0.15, 0.2) is 0 Å². The number of rotatable bonds is 1. The fraction of sp³-hybridized carbons (Fsp3) is 0.667. The van der Waals surface area contributed by atoms with Gasteiger partial charge in [-0.05, 0) is 16.3 Å². The second-order valence-electron chi connectivity index (χ2n) is 5.49. The molecule has 0 N–H and O–H groups in total. The minimum absolute atomic E-state index is 0.142. The highest BCUT2D eigenvalue weighted by Gasteiger charge is 2.39. The van der Waals surface area contributed by atoms with Crippen molar-refractivity contribution in [2.45, 2.75) is 27.7 Å². The van der Waals surface area contributed by atoms with Crippen molar-refractivity contribution in [3.8, 4) is 0 Å². The Morgan fingerprint density at radius 3 is 2.20 bits per heavy atom. The molecule has 1 heterocycles. The second kappa shape index (κ2) is 3.50. The molecule has 1 fully saturated rings. The van der Waals surface area contributed by atoms with E-state index in [2.05, 4.69) is 45.9 Å². The van der Waals surface area contributed by atoms with Gasteiger partial charge in [-0.1, -0.05) is 45.9 Å². The van der Waals surface area contributed by atoms with Crippen molar-refractivity contribution in [1.29, 1.82) is 0 Å². The van der Waals surface area contributed by atoms with E-state index in [0.29, 0.717) is 13.2 Å². The van der Waals surface area contributed by atoms with E-state index in [9.17, 15) is 0 Å². The summed E-state index contributed by atoms with van der Waals surface area (Å²) in [4.78, 5) is 0. The van der Waals surface area contributed by atoms with Gasteiger partial charge in [0.1, 0.15) is 0 Å². The summed E-state index contributed by atoms with van der Waals surface area (Å²) in [5.74, 6) is 0. The van der Waals surface area contributed by atoms with E-state index >= 15 is 0 Å². The molecule has 0 aromatic carbocycles. The number of allylic oxidation sites excluding steroid dienone is 4. The van der Waals surface area contributed by atoms with E-state index in [1.54, 1.807) is 0 Å². The minimum atomic E-state index is -0.142. The monoisotopic (exact) mass is 206 g/mol. The molecule has 0 unspecified atom stereocenters. The summed E-state index contributed by atoms with van der Waals surface area (Å²) >= 11 is 0. The Morgan fingerprint density at radius 2 is 1.67 bits per heavy atom. The van der Waals surface area contributed by atoms with Gasteiger partial charge in [-0.25, -0.2) is 0 Å². The molecule has 1 aliphatic heterocycles. The first kappa shape index (κ1) is 11.0. The highest BCUT2D eigenvalue weighted by Crippen LogP contribution is 2.45. The molecule has 0 spiro atoms. The first-order valence-electron chi connectivity index (χ1n) is 5.58. The van der Waals surface area contributed by atoms with Crippen LogP contribution < -0.4 is 0 Å². The van der Waals surface area contributed by atoms with Crippen LogP contribution in [0, 0.1) is 10.8 Å². The molecule has 0 amide bonds. The van der Waals surface area contributed by atoms with Gasteiger partial charge in [0.05, 0.1) is 13.2 Å². The summed E-state index contributed by atoms with van der Waals surface area (Å²) in [7, 11) is -0.142. The third-order valence-electron chi connectivity index (χ3n) is 3.77. The molecule has 2 aliphatic rings. The van der Waals surface area contributed by atoms with Gasteiger partial charge in [-0.15, -0.1) is 0 Å². The summed E-state index contributed by atoms with van der Waals surface area (Å²) in [5.41, 5.74) is 1.50. The summed E-state index contributed by atoms with van der Waals surface area (Å²) in [6, 6.07) is 0. The van der Waals surface area contributed by atoms with Crippen LogP contribution in [0.4, 0.5) is 0 Å². The van der Waals surface area contributed by atoms with E-state index < -0.39 is 0 Å². The molecule has 1 aliphatic carbocycles. The third kappa shape index (κ3) is 1.91. The molecule has 0 aromatic heterocycles. The fourth-order valence-electron chi connectivity index (χ4n) is 1.87. The predicted molar refractivity (Wildman–Crippen MR) is 62.4 cm³/mol. The maximum absolute atomic E-state index is 5.51. The molecular weight excluding hydrogens is 187 g/mol. The van der Waals surface area contributed by atoms with Gasteiger partial charge in [0.2, 0.25) is 0 Å². The summed E-state index contributed by atoms with van der Waals surface area (Å²) in [6.07, 6.45) is 6.68. The average molecular weight is 206 g/mol. The van der Waals surface area contributed by atoms with Crippen molar-refractivity contribution in [3.05, 3.63) is 23.7 Å². The average Bonchev–Trinajstić information content (AvgIpc) is 2.62. The molecule has 0 saturated carbocycles. The third-order valence-corrected chi connectivity index (χ3v) is 3.77. The topological polar surface area (TPSA) is 18.5 Å². The van der Waals surface area contributed by atoms with Crippen molar-refractivity contribution in [2.75, 3.05) is 13.2 Å². The lowest BCUT2D eigenvalue weighted by Crippen LogP contribution is -2.33. The zero-order valence-electron chi connectivity index (χ0n) is 10.0. The van der Waals surface area contributed by atoms with Crippen LogP contribution >= 0.6 is 0 Å². The Morgan fingerprint density at radius 1 is 1.07 bits per heavy atom. The zero-order valence-corrected chi connectivity index (χ0v) is 10.0. The largest absolute Gasteiger partial charge is 0.493 e. The van der Waals surface area contributed by atoms with Gasteiger partial charge in [-0.2, -0.15) is 0 Å². The van der Waals surface area contributed by atoms with Gasteiger partial charge in [0, 0.05) is 0 Å². The van der Waals surface area contributed by atoms with Gasteiger partial charge in [-0.3, -0.25) is 0 Å². The Labute approximate surface area is 92.5 Å². The first-order chi connectivity index (χ1) is 6.92. The van der Waals surface area contributed by atoms with Gasteiger partial charge < -0.3 is 9.31 Å². The predicted octanol–water partition coefficient (Wildman–Crippen LogP) is 2.61. The fourth-order valence-corrected chi connectivity index (χ4v) is 1.87. The smallest absolute Gasteiger partial charge is 0.405 e. The minimum Gasteiger partial charge on any atom is -0.405 e. The molecule has 0 radical (unpaired) electrons. The van der Waals surface area contributed by atoms with Crippen LogP contribution in [-0.4, -0.2) is 20.3 Å². The van der Waals surface area contributed by atoms with E-state index in [0.717, 1.165) is 5.47 Å². The Hall–Kier alpha value is -0.535. The van der Waals surface area contributed by atoms with Crippen LogP contribution in [0.15, 0.2) is 23.7 Å². The lowest BCUT2D eigenvalue weighted by molar-refractivity contribution is 0.227. The summed E-state index contributed by atoms with van der Waals surface area (Å²) in [6.45, 7) is 10.4. The molecule has 0 aromatic rings. The van der Waals surface area contributed by atoms with Crippen molar-refractivity contribution in [2.24, 2.45) is 10.8 Å². The van der Waals surface area contributed by atoms with Crippen molar-refractivity contribution >= 4 is 7.12 Å². The lowest BCUT2D eigenvalue weighted by Gasteiger charge is -2.40. The number of hydrogen-bond donors (Lipinski definition) is 0. The van der Waals surface area contributed by atoms with Gasteiger partial charge in [0.25, 0.3) is 0 Å². The van der Waals surface area contributed by atoms with E-state index in [4.69, 9.17) is 9.31 Å². The van der Waals surface area contributed by atoms with Gasteiger partial charge >= 0.3 is 7.12 Å². The van der Waals surface area contributed by atoms with Crippen LogP contribution in [-0.2, 0) is 9.31 Å². The summed E-state index contributed by atoms with van der Waals surface area (Å²) in [5, 5.41) is 0. The second-order valence-corrected chi connectivity index (χ2v) is 5.49. The Bertz CT molecular complexity index is 310. The van der Waals surface area contributed by atoms with E-state index in [1.165, 1.54) is 0 Å². The molecule has 0 atom stereocenters. The standard InChI is InChI=1S/C12H19BO2/c1-11(2)6-5-10(9-12(11,3)4)13-14-7-8-15-13/h5-6,9H,7-8H2,1-4H3. The van der Waals surface area contributed by atoms with E-state index in [1.807, 2.05) is 0 Å². The van der Waals surface area contributed by atoms with Crippen LogP contribution in [0.5, 0.6) is 0 Å². The van der Waals surface area contributed by atoms with Crippen LogP contribution in [0.2, 0.25) is 0 Å². The molecule has 0 bridgehead atoms. The molecule has 1 saturated heterocycles. The molecule has 2 nitrogen and oxygen atoms in total. The Balaban J connectivity index is 2.23. The molecule has 15 heavy (non-hydrogen) atoms. The normalized spacial score (nSPS) is 28.0. The van der Waals surface area contributed by atoms with Crippen molar-refractivity contribution < 1.29 is 9.31 Å². The Kier molecular flexibility index (Phi) is 2.56. The van der Waals surface area contributed by atoms with Crippen molar-refractivity contribution in [1.82, 2.24) is 0 Å². The van der Waals surface area contributed by atoms with Crippen LogP contribution in [0.1, 0.15) is 27.7 Å². The van der Waals surface area contributed by atoms with Crippen molar-refractivity contribution in [3.63, 3.8) is 0 Å². The molecular formula is C12H19BO2. The molecule has 82 valence electrons. The number of hydrogen-bond acceptors (Lipinski definition) is 2. The molecule has 2 rings (SSSR count). The van der Waals surface area contributed by atoms with Crippen LogP contribution in [0.3, 0.4) is 0 Å². The first-order valence-corrected chi connectivity index (χ1v) is 5.58. The highest BCUT2D eigenvalue weighted by atomic mass is 16.6. The van der Waals surface area contributed by atoms with Crippen LogP contribution in [0.25, 0.3) is 0 Å². The molecule has 3 heteroatoms. The lowest BCUT2D eigenvalue weighted by atomic mass is 9.60. The van der Waals surface area contributed by atoms with E-state index in [-0.39, 0.29) is 17.9 Å². The maximum Gasteiger partial charge on any atom is 0.493 e.